The summed E-state index contributed by atoms with van der Waals surface area (Å²) < 4.78 is 0. The number of rotatable bonds is 5. The van der Waals surface area contributed by atoms with Crippen LogP contribution in [0.2, 0.25) is 18.6 Å². The highest BCUT2D eigenvalue weighted by Crippen LogP contribution is 2.32. The van der Waals surface area contributed by atoms with E-state index >= 15 is 0 Å². The Balaban J connectivity index is 2.62. The predicted molar refractivity (Wildman–Crippen MR) is 84.5 cm³/mol. The van der Waals surface area contributed by atoms with Gasteiger partial charge in [-0.3, -0.25) is 0 Å². The average Bonchev–Trinajstić information content (AvgIpc) is 2.59. The minimum atomic E-state index is -1.43. The van der Waals surface area contributed by atoms with E-state index in [1.165, 1.54) is 12.0 Å². The zero-order valence-corrected chi connectivity index (χ0v) is 14.2. The van der Waals surface area contributed by atoms with Gasteiger partial charge in [0.2, 0.25) is 0 Å². The maximum absolute atomic E-state index is 3.86. The van der Waals surface area contributed by atoms with Crippen LogP contribution in [0.1, 0.15) is 27.2 Å². The van der Waals surface area contributed by atoms with E-state index in [1.54, 1.807) is 0 Å². The Morgan fingerprint density at radius 1 is 1.28 bits per heavy atom. The van der Waals surface area contributed by atoms with Crippen molar-refractivity contribution in [1.82, 2.24) is 9.88 Å². The van der Waals surface area contributed by atoms with Crippen molar-refractivity contribution in [2.24, 2.45) is 0 Å². The van der Waals surface area contributed by atoms with Crippen LogP contribution >= 0.6 is 0 Å². The van der Waals surface area contributed by atoms with Gasteiger partial charge >= 0.3 is 0 Å². The molecule has 2 nitrogen and oxygen atoms in total. The molecule has 0 aromatic rings. The molecule has 1 atom stereocenters. The molecule has 0 aromatic carbocycles. The molecule has 0 saturated heterocycles. The molecule has 3 heteroatoms. The molecular formula is C15H30N2Si. The van der Waals surface area contributed by atoms with Crippen molar-refractivity contribution in [3.63, 3.8) is 0 Å². The fourth-order valence-electron chi connectivity index (χ4n) is 2.59. The first-order chi connectivity index (χ1) is 8.10. The maximum atomic E-state index is 3.86. The van der Waals surface area contributed by atoms with E-state index in [0.29, 0.717) is 5.54 Å². The Morgan fingerprint density at radius 2 is 1.89 bits per heavy atom. The zero-order valence-electron chi connectivity index (χ0n) is 13.2. The van der Waals surface area contributed by atoms with Gasteiger partial charge in [-0.25, -0.2) is 0 Å². The molecule has 1 aliphatic carbocycles. The van der Waals surface area contributed by atoms with Gasteiger partial charge in [0.05, 0.1) is 0 Å². The summed E-state index contributed by atoms with van der Waals surface area (Å²) in [5, 5.41) is 0. The van der Waals surface area contributed by atoms with Gasteiger partial charge in [0, 0.05) is 17.6 Å². The van der Waals surface area contributed by atoms with Crippen molar-refractivity contribution in [2.45, 2.75) is 51.4 Å². The number of nitrogens with zero attached hydrogens (tertiary/aromatic N) is 1. The molecule has 104 valence electrons. The van der Waals surface area contributed by atoms with Crippen LogP contribution in [0, 0.1) is 0 Å². The SMILES string of the molecule is CN(C)CCC1=CC([Si](C)(C)NC(C)(C)C)C=C1. The molecule has 0 aromatic heterocycles. The highest BCUT2D eigenvalue weighted by molar-refractivity contribution is 6.77. The lowest BCUT2D eigenvalue weighted by atomic mass is 10.1. The van der Waals surface area contributed by atoms with Crippen LogP contribution in [0.4, 0.5) is 0 Å². The summed E-state index contributed by atoms with van der Waals surface area (Å²) in [7, 11) is 2.84. The van der Waals surface area contributed by atoms with Crippen molar-refractivity contribution in [3.8, 4) is 0 Å². The summed E-state index contributed by atoms with van der Waals surface area (Å²) in [5.74, 6) is 0. The highest BCUT2D eigenvalue weighted by atomic mass is 28.3. The third-order valence-electron chi connectivity index (χ3n) is 3.29. The van der Waals surface area contributed by atoms with Gasteiger partial charge in [-0.1, -0.05) is 36.9 Å². The minimum absolute atomic E-state index is 0.212. The number of hydrogen-bond acceptors (Lipinski definition) is 2. The summed E-state index contributed by atoms with van der Waals surface area (Å²) in [4.78, 5) is 6.10. The van der Waals surface area contributed by atoms with E-state index in [1.807, 2.05) is 0 Å². The first-order valence-corrected chi connectivity index (χ1v) is 10.0. The fraction of sp³-hybridized carbons (Fsp3) is 0.733. The van der Waals surface area contributed by atoms with Crippen molar-refractivity contribution in [3.05, 3.63) is 23.8 Å². The summed E-state index contributed by atoms with van der Waals surface area (Å²) >= 11 is 0. The van der Waals surface area contributed by atoms with Crippen molar-refractivity contribution in [2.75, 3.05) is 20.6 Å². The monoisotopic (exact) mass is 266 g/mol. The van der Waals surface area contributed by atoms with Gasteiger partial charge in [0.15, 0.2) is 0 Å². The highest BCUT2D eigenvalue weighted by Gasteiger charge is 2.34. The first kappa shape index (κ1) is 15.7. The van der Waals surface area contributed by atoms with Gasteiger partial charge in [0.25, 0.3) is 0 Å². The Hall–Kier alpha value is -0.383. The van der Waals surface area contributed by atoms with Crippen LogP contribution < -0.4 is 4.98 Å². The van der Waals surface area contributed by atoms with Gasteiger partial charge in [-0.15, -0.1) is 0 Å². The van der Waals surface area contributed by atoms with E-state index in [4.69, 9.17) is 0 Å². The molecule has 1 aliphatic rings. The molecule has 0 fully saturated rings. The topological polar surface area (TPSA) is 15.3 Å². The van der Waals surface area contributed by atoms with Crippen LogP contribution in [0.15, 0.2) is 23.8 Å². The van der Waals surface area contributed by atoms with Crippen LogP contribution in [-0.4, -0.2) is 39.3 Å². The van der Waals surface area contributed by atoms with Gasteiger partial charge < -0.3 is 9.88 Å². The van der Waals surface area contributed by atoms with Gasteiger partial charge in [0.1, 0.15) is 8.24 Å². The summed E-state index contributed by atoms with van der Waals surface area (Å²) in [6.45, 7) is 12.8. The molecule has 18 heavy (non-hydrogen) atoms. The lowest BCUT2D eigenvalue weighted by Gasteiger charge is -2.36. The second-order valence-corrected chi connectivity index (χ2v) is 11.6. The molecule has 1 rings (SSSR count). The van der Waals surface area contributed by atoms with Crippen molar-refractivity contribution < 1.29 is 0 Å². The number of allylic oxidation sites excluding steroid dienone is 3. The first-order valence-electron chi connectivity index (χ1n) is 6.93. The molecule has 0 spiro atoms. The van der Waals surface area contributed by atoms with E-state index in [0.717, 1.165) is 6.54 Å². The minimum Gasteiger partial charge on any atom is -0.332 e. The molecule has 0 amide bonds. The maximum Gasteiger partial charge on any atom is 0.130 e. The van der Waals surface area contributed by atoms with Crippen LogP contribution in [0.3, 0.4) is 0 Å². The lowest BCUT2D eigenvalue weighted by molar-refractivity contribution is 0.414. The number of hydrogen-bond donors (Lipinski definition) is 1. The molecule has 1 unspecified atom stereocenters. The Kier molecular flexibility index (Phi) is 4.98. The quantitative estimate of drug-likeness (QED) is 0.767. The van der Waals surface area contributed by atoms with Gasteiger partial charge in [-0.2, -0.15) is 0 Å². The fourth-order valence-corrected chi connectivity index (χ4v) is 5.89. The summed E-state index contributed by atoms with van der Waals surface area (Å²) in [6.07, 6.45) is 8.37. The van der Waals surface area contributed by atoms with E-state index in [2.05, 4.69) is 76.1 Å². The molecule has 0 bridgehead atoms. The predicted octanol–water partition coefficient (Wildman–Crippen LogP) is 3.40. The third kappa shape index (κ3) is 5.08. The molecule has 1 N–H and O–H groups in total. The Bertz CT molecular complexity index is 335. The largest absolute Gasteiger partial charge is 0.332 e. The van der Waals surface area contributed by atoms with Gasteiger partial charge in [-0.05, 0) is 41.3 Å². The second-order valence-electron chi connectivity index (χ2n) is 7.28. The summed E-state index contributed by atoms with van der Waals surface area (Å²) in [6, 6.07) is 0. The Morgan fingerprint density at radius 3 is 2.39 bits per heavy atom. The van der Waals surface area contributed by atoms with Crippen LogP contribution in [0.25, 0.3) is 0 Å². The Labute approximate surface area is 114 Å². The van der Waals surface area contributed by atoms with E-state index < -0.39 is 8.24 Å². The standard InChI is InChI=1S/C15H30N2Si/c1-15(2,3)16-18(6,7)14-9-8-13(12-14)10-11-17(4)5/h8-9,12,14,16H,10-11H2,1-7H3. The summed E-state index contributed by atoms with van der Waals surface area (Å²) in [5.41, 5.74) is 2.35. The second kappa shape index (κ2) is 5.72. The van der Waals surface area contributed by atoms with E-state index in [9.17, 15) is 0 Å². The zero-order chi connectivity index (χ0) is 14.0. The smallest absolute Gasteiger partial charge is 0.130 e. The molecule has 0 saturated carbocycles. The van der Waals surface area contributed by atoms with Crippen molar-refractivity contribution >= 4 is 8.24 Å². The van der Waals surface area contributed by atoms with Crippen LogP contribution in [-0.2, 0) is 0 Å². The normalized spacial score (nSPS) is 20.7. The van der Waals surface area contributed by atoms with Crippen molar-refractivity contribution in [1.29, 1.82) is 0 Å². The molecular weight excluding hydrogens is 236 g/mol. The molecule has 0 aliphatic heterocycles. The van der Waals surface area contributed by atoms with E-state index in [-0.39, 0.29) is 5.54 Å². The average molecular weight is 267 g/mol. The molecule has 0 heterocycles. The van der Waals surface area contributed by atoms with Crippen LogP contribution in [0.5, 0.6) is 0 Å². The molecule has 0 radical (unpaired) electrons. The third-order valence-corrected chi connectivity index (χ3v) is 6.71. The number of nitrogens with one attached hydrogen (secondary N) is 1. The lowest BCUT2D eigenvalue weighted by Crippen LogP contribution is -2.56.